The van der Waals surface area contributed by atoms with Crippen LogP contribution in [0.3, 0.4) is 0 Å². The first-order chi connectivity index (χ1) is 7.62. The topological polar surface area (TPSA) is 104 Å². The number of aliphatic carboxylic acids is 1. The highest BCUT2D eigenvalue weighted by Crippen LogP contribution is 2.35. The first kappa shape index (κ1) is 10.3. The van der Waals surface area contributed by atoms with Gasteiger partial charge in [-0.25, -0.2) is 19.6 Å². The molecule has 84 valence electrons. The van der Waals surface area contributed by atoms with Crippen molar-refractivity contribution in [2.24, 2.45) is 0 Å². The Bertz CT molecular complexity index is 416. The van der Waals surface area contributed by atoms with Gasteiger partial charge >= 0.3 is 12.0 Å². The predicted octanol–water partition coefficient (Wildman–Crippen LogP) is 0.215. The number of rotatable bonds is 3. The molecule has 0 aliphatic heterocycles. The fraction of sp³-hybridized carbons (Fsp3) is 0.333. The summed E-state index contributed by atoms with van der Waals surface area (Å²) in [5.41, 5.74) is -0.666. The molecular formula is C9H10N4O3. The normalized spacial score (nSPS) is 16.2. The summed E-state index contributed by atoms with van der Waals surface area (Å²) >= 11 is 0. The van der Waals surface area contributed by atoms with Crippen molar-refractivity contribution >= 4 is 17.7 Å². The van der Waals surface area contributed by atoms with Crippen molar-refractivity contribution in [1.82, 2.24) is 15.3 Å². The molecule has 1 aromatic heterocycles. The first-order valence-electron chi connectivity index (χ1n) is 4.70. The lowest BCUT2D eigenvalue weighted by Crippen LogP contribution is -2.45. The first-order valence-corrected chi connectivity index (χ1v) is 4.70. The number of amides is 2. The second kappa shape index (κ2) is 3.76. The molecule has 1 aliphatic rings. The van der Waals surface area contributed by atoms with Crippen molar-refractivity contribution < 1.29 is 14.7 Å². The SMILES string of the molecule is O=C(Nc1cncnc1)NC1(C(=O)O)CC1. The molecule has 2 amide bonds. The van der Waals surface area contributed by atoms with Gasteiger partial charge in [0.1, 0.15) is 11.9 Å². The summed E-state index contributed by atoms with van der Waals surface area (Å²) in [5, 5.41) is 13.7. The molecule has 0 spiro atoms. The van der Waals surface area contributed by atoms with E-state index in [1.54, 1.807) is 0 Å². The Hall–Kier alpha value is -2.18. The third-order valence-corrected chi connectivity index (χ3v) is 2.33. The molecule has 0 bridgehead atoms. The second-order valence-electron chi connectivity index (χ2n) is 3.59. The average Bonchev–Trinajstić information content (AvgIpc) is 3.00. The molecule has 0 aromatic carbocycles. The van der Waals surface area contributed by atoms with Crippen LogP contribution in [0.2, 0.25) is 0 Å². The summed E-state index contributed by atoms with van der Waals surface area (Å²) in [5.74, 6) is -1.01. The van der Waals surface area contributed by atoms with E-state index in [0.717, 1.165) is 0 Å². The lowest BCUT2D eigenvalue weighted by molar-refractivity contribution is -0.140. The van der Waals surface area contributed by atoms with Gasteiger partial charge in [0.15, 0.2) is 0 Å². The summed E-state index contributed by atoms with van der Waals surface area (Å²) in [4.78, 5) is 29.7. The lowest BCUT2D eigenvalue weighted by atomic mass is 10.3. The number of carboxylic acid groups (broad SMARTS) is 1. The van der Waals surface area contributed by atoms with E-state index < -0.39 is 17.5 Å². The number of nitrogens with one attached hydrogen (secondary N) is 2. The molecule has 3 N–H and O–H groups in total. The Balaban J connectivity index is 1.93. The number of urea groups is 1. The number of aromatic nitrogens is 2. The largest absolute Gasteiger partial charge is 0.480 e. The van der Waals surface area contributed by atoms with Gasteiger partial charge in [0, 0.05) is 0 Å². The minimum Gasteiger partial charge on any atom is -0.480 e. The van der Waals surface area contributed by atoms with E-state index in [-0.39, 0.29) is 0 Å². The highest BCUT2D eigenvalue weighted by atomic mass is 16.4. The molecule has 1 aromatic rings. The van der Waals surface area contributed by atoms with E-state index in [9.17, 15) is 9.59 Å². The molecule has 16 heavy (non-hydrogen) atoms. The van der Waals surface area contributed by atoms with E-state index in [4.69, 9.17) is 5.11 Å². The maximum absolute atomic E-state index is 11.4. The Morgan fingerprint density at radius 3 is 2.44 bits per heavy atom. The highest BCUT2D eigenvalue weighted by molar-refractivity contribution is 5.95. The molecule has 2 rings (SSSR count). The zero-order valence-corrected chi connectivity index (χ0v) is 8.30. The van der Waals surface area contributed by atoms with Crippen LogP contribution in [0.5, 0.6) is 0 Å². The molecule has 0 saturated heterocycles. The van der Waals surface area contributed by atoms with Crippen molar-refractivity contribution in [3.05, 3.63) is 18.7 Å². The summed E-state index contributed by atoms with van der Waals surface area (Å²) in [6.45, 7) is 0. The van der Waals surface area contributed by atoms with Crippen LogP contribution in [-0.2, 0) is 4.79 Å². The Kier molecular flexibility index (Phi) is 2.43. The van der Waals surface area contributed by atoms with Gasteiger partial charge in [-0.05, 0) is 12.8 Å². The minimum absolute atomic E-state index is 0.418. The zero-order chi connectivity index (χ0) is 11.6. The summed E-state index contributed by atoms with van der Waals surface area (Å²) < 4.78 is 0. The Morgan fingerprint density at radius 1 is 1.31 bits per heavy atom. The molecule has 0 unspecified atom stereocenters. The number of nitrogens with zero attached hydrogens (tertiary/aromatic N) is 2. The predicted molar refractivity (Wildman–Crippen MR) is 53.8 cm³/mol. The maximum atomic E-state index is 11.4. The van der Waals surface area contributed by atoms with Gasteiger partial charge in [-0.2, -0.15) is 0 Å². The molecule has 1 heterocycles. The highest BCUT2D eigenvalue weighted by Gasteiger charge is 2.51. The van der Waals surface area contributed by atoms with Gasteiger partial charge in [0.25, 0.3) is 0 Å². The van der Waals surface area contributed by atoms with Gasteiger partial charge in [-0.3, -0.25) is 0 Å². The van der Waals surface area contributed by atoms with E-state index in [1.807, 2.05) is 0 Å². The second-order valence-corrected chi connectivity index (χ2v) is 3.59. The van der Waals surface area contributed by atoms with Gasteiger partial charge in [0.2, 0.25) is 0 Å². The fourth-order valence-corrected chi connectivity index (χ4v) is 1.26. The van der Waals surface area contributed by atoms with Crippen LogP contribution in [0.25, 0.3) is 0 Å². The van der Waals surface area contributed by atoms with Crippen LogP contribution in [-0.4, -0.2) is 32.6 Å². The number of carbonyl (C=O) groups is 2. The lowest BCUT2D eigenvalue weighted by Gasteiger charge is -2.12. The minimum atomic E-state index is -1.08. The monoisotopic (exact) mass is 222 g/mol. The van der Waals surface area contributed by atoms with Crippen LogP contribution >= 0.6 is 0 Å². The molecule has 0 radical (unpaired) electrons. The molecule has 7 heteroatoms. The van der Waals surface area contributed by atoms with E-state index in [1.165, 1.54) is 18.7 Å². The van der Waals surface area contributed by atoms with Crippen molar-refractivity contribution in [1.29, 1.82) is 0 Å². The van der Waals surface area contributed by atoms with Gasteiger partial charge < -0.3 is 15.7 Å². The van der Waals surface area contributed by atoms with Gasteiger partial charge in [-0.15, -0.1) is 0 Å². The molecule has 0 atom stereocenters. The summed E-state index contributed by atoms with van der Waals surface area (Å²) in [6, 6.07) is -0.560. The third-order valence-electron chi connectivity index (χ3n) is 2.33. The molecule has 7 nitrogen and oxygen atoms in total. The maximum Gasteiger partial charge on any atom is 0.329 e. The van der Waals surface area contributed by atoms with Crippen molar-refractivity contribution in [2.75, 3.05) is 5.32 Å². The molecular weight excluding hydrogens is 212 g/mol. The van der Waals surface area contributed by atoms with Crippen LogP contribution in [0, 0.1) is 0 Å². The van der Waals surface area contributed by atoms with Gasteiger partial charge in [-0.1, -0.05) is 0 Å². The number of carboxylic acids is 1. The zero-order valence-electron chi connectivity index (χ0n) is 8.30. The number of hydrogen-bond donors (Lipinski definition) is 3. The number of anilines is 1. The number of carbonyl (C=O) groups excluding carboxylic acids is 1. The quantitative estimate of drug-likeness (QED) is 0.678. The average molecular weight is 222 g/mol. The number of hydrogen-bond acceptors (Lipinski definition) is 4. The molecule has 1 aliphatic carbocycles. The van der Waals surface area contributed by atoms with Gasteiger partial charge in [0.05, 0.1) is 18.1 Å². The van der Waals surface area contributed by atoms with Crippen LogP contribution in [0.15, 0.2) is 18.7 Å². The van der Waals surface area contributed by atoms with Crippen LogP contribution in [0.4, 0.5) is 10.5 Å². The fourth-order valence-electron chi connectivity index (χ4n) is 1.26. The Morgan fingerprint density at radius 2 is 1.94 bits per heavy atom. The third kappa shape index (κ3) is 2.08. The summed E-state index contributed by atoms with van der Waals surface area (Å²) in [7, 11) is 0. The van der Waals surface area contributed by atoms with Crippen LogP contribution < -0.4 is 10.6 Å². The van der Waals surface area contributed by atoms with Crippen LogP contribution in [0.1, 0.15) is 12.8 Å². The summed E-state index contributed by atoms with van der Waals surface area (Å²) in [6.07, 6.45) is 5.10. The van der Waals surface area contributed by atoms with E-state index in [0.29, 0.717) is 18.5 Å². The van der Waals surface area contributed by atoms with Crippen molar-refractivity contribution in [3.8, 4) is 0 Å². The standard InChI is InChI=1S/C9H10N4O3/c14-7(15)9(1-2-9)13-8(16)12-6-3-10-5-11-4-6/h3-5H,1-2H2,(H,14,15)(H2,12,13,16). The Labute approximate surface area is 90.9 Å². The van der Waals surface area contributed by atoms with Crippen molar-refractivity contribution in [3.63, 3.8) is 0 Å². The van der Waals surface area contributed by atoms with E-state index in [2.05, 4.69) is 20.6 Å². The van der Waals surface area contributed by atoms with E-state index >= 15 is 0 Å². The molecule has 1 fully saturated rings. The van der Waals surface area contributed by atoms with Crippen molar-refractivity contribution in [2.45, 2.75) is 18.4 Å². The molecule has 1 saturated carbocycles. The smallest absolute Gasteiger partial charge is 0.329 e.